The highest BCUT2D eigenvalue weighted by molar-refractivity contribution is 6.14. The number of rotatable bonds is 1. The number of hydrogen-bond acceptors (Lipinski definition) is 3. The summed E-state index contributed by atoms with van der Waals surface area (Å²) in [6.07, 6.45) is 1.72. The molecule has 3 rings (SSSR count). The first kappa shape index (κ1) is 10.6. The number of ether oxygens (including phenoxy) is 1. The summed E-state index contributed by atoms with van der Waals surface area (Å²) in [5, 5.41) is 0. The van der Waals surface area contributed by atoms with E-state index < -0.39 is 0 Å². The SMILES string of the molecule is Nc1ccc(/C=C2/Oc3ccccc3C2=O)cc1. The van der Waals surface area contributed by atoms with Crippen LogP contribution in [-0.4, -0.2) is 5.78 Å². The van der Waals surface area contributed by atoms with Gasteiger partial charge in [-0.1, -0.05) is 24.3 Å². The Balaban J connectivity index is 1.97. The minimum Gasteiger partial charge on any atom is -0.452 e. The van der Waals surface area contributed by atoms with E-state index >= 15 is 0 Å². The molecule has 3 heteroatoms. The number of carbonyl (C=O) groups is 1. The molecule has 2 aromatic carbocycles. The van der Waals surface area contributed by atoms with Crippen LogP contribution in [0.15, 0.2) is 54.3 Å². The van der Waals surface area contributed by atoms with Crippen molar-refractivity contribution in [2.75, 3.05) is 5.73 Å². The fourth-order valence-corrected chi connectivity index (χ4v) is 1.88. The molecule has 0 unspecified atom stereocenters. The number of carbonyl (C=O) groups excluding carboxylic acids is 1. The molecule has 2 aromatic rings. The molecule has 88 valence electrons. The Hall–Kier alpha value is -2.55. The van der Waals surface area contributed by atoms with Crippen molar-refractivity contribution in [3.8, 4) is 5.75 Å². The van der Waals surface area contributed by atoms with Crippen molar-refractivity contribution in [1.29, 1.82) is 0 Å². The van der Waals surface area contributed by atoms with Gasteiger partial charge in [-0.2, -0.15) is 0 Å². The number of anilines is 1. The van der Waals surface area contributed by atoms with Crippen molar-refractivity contribution in [3.05, 3.63) is 65.4 Å². The van der Waals surface area contributed by atoms with Gasteiger partial charge in [0, 0.05) is 5.69 Å². The van der Waals surface area contributed by atoms with Gasteiger partial charge in [-0.05, 0) is 35.9 Å². The zero-order valence-electron chi connectivity index (χ0n) is 9.59. The number of para-hydroxylation sites is 1. The normalized spacial score (nSPS) is 15.6. The lowest BCUT2D eigenvalue weighted by molar-refractivity contribution is 0.101. The number of nitrogen functional groups attached to an aromatic ring is 1. The van der Waals surface area contributed by atoms with Gasteiger partial charge in [0.05, 0.1) is 5.56 Å². The first-order chi connectivity index (χ1) is 8.74. The number of benzene rings is 2. The molecule has 2 N–H and O–H groups in total. The maximum atomic E-state index is 12.1. The monoisotopic (exact) mass is 237 g/mol. The highest BCUT2D eigenvalue weighted by atomic mass is 16.5. The van der Waals surface area contributed by atoms with Crippen molar-refractivity contribution >= 4 is 17.5 Å². The zero-order valence-corrected chi connectivity index (χ0v) is 9.59. The molecule has 1 aliphatic heterocycles. The molecule has 0 aliphatic carbocycles. The summed E-state index contributed by atoms with van der Waals surface area (Å²) in [6, 6.07) is 14.5. The molecular formula is C15H11NO2. The fraction of sp³-hybridized carbons (Fsp3) is 0. The van der Waals surface area contributed by atoms with Gasteiger partial charge in [0.1, 0.15) is 5.75 Å². The van der Waals surface area contributed by atoms with Crippen molar-refractivity contribution < 1.29 is 9.53 Å². The summed E-state index contributed by atoms with van der Waals surface area (Å²) in [4.78, 5) is 12.1. The molecule has 1 aliphatic rings. The fourth-order valence-electron chi connectivity index (χ4n) is 1.88. The third-order valence-corrected chi connectivity index (χ3v) is 2.81. The number of Topliss-reactive ketones (excluding diaryl/α,β-unsaturated/α-hetero) is 1. The van der Waals surface area contributed by atoms with Gasteiger partial charge in [0.25, 0.3) is 0 Å². The van der Waals surface area contributed by atoms with Crippen LogP contribution in [0.25, 0.3) is 6.08 Å². The van der Waals surface area contributed by atoms with E-state index in [4.69, 9.17) is 10.5 Å². The quantitative estimate of drug-likeness (QED) is 0.613. The van der Waals surface area contributed by atoms with E-state index in [9.17, 15) is 4.79 Å². The van der Waals surface area contributed by atoms with E-state index in [1.54, 1.807) is 30.3 Å². The van der Waals surface area contributed by atoms with Gasteiger partial charge in [0.2, 0.25) is 5.78 Å². The van der Waals surface area contributed by atoms with Gasteiger partial charge >= 0.3 is 0 Å². The Morgan fingerprint density at radius 1 is 1.00 bits per heavy atom. The number of ketones is 1. The third kappa shape index (κ3) is 1.76. The van der Waals surface area contributed by atoms with Crippen molar-refractivity contribution in [2.24, 2.45) is 0 Å². The predicted molar refractivity (Wildman–Crippen MR) is 70.2 cm³/mol. The van der Waals surface area contributed by atoms with Gasteiger partial charge in [-0.25, -0.2) is 0 Å². The van der Waals surface area contributed by atoms with Gasteiger partial charge in [-0.3, -0.25) is 4.79 Å². The minimum absolute atomic E-state index is 0.0811. The van der Waals surface area contributed by atoms with Crippen molar-refractivity contribution in [1.82, 2.24) is 0 Å². The third-order valence-electron chi connectivity index (χ3n) is 2.81. The predicted octanol–water partition coefficient (Wildman–Crippen LogP) is 2.89. The smallest absolute Gasteiger partial charge is 0.231 e. The molecule has 18 heavy (non-hydrogen) atoms. The first-order valence-electron chi connectivity index (χ1n) is 5.63. The topological polar surface area (TPSA) is 52.3 Å². The second kappa shape index (κ2) is 4.04. The molecule has 0 saturated carbocycles. The van der Waals surface area contributed by atoms with E-state index in [1.807, 2.05) is 24.3 Å². The number of nitrogens with two attached hydrogens (primary N) is 1. The minimum atomic E-state index is -0.0811. The van der Waals surface area contributed by atoms with Crippen molar-refractivity contribution in [2.45, 2.75) is 0 Å². The average Bonchev–Trinajstić information content (AvgIpc) is 2.70. The zero-order chi connectivity index (χ0) is 12.5. The Kier molecular flexibility index (Phi) is 2.38. The molecule has 0 radical (unpaired) electrons. The molecule has 3 nitrogen and oxygen atoms in total. The van der Waals surface area contributed by atoms with Crippen LogP contribution >= 0.6 is 0 Å². The maximum absolute atomic E-state index is 12.1. The van der Waals surface area contributed by atoms with E-state index in [0.29, 0.717) is 22.8 Å². The molecule has 0 aromatic heterocycles. The standard InChI is InChI=1S/C15H11NO2/c16-11-7-5-10(6-8-11)9-14-15(17)12-3-1-2-4-13(12)18-14/h1-9H,16H2/b14-9+. The lowest BCUT2D eigenvalue weighted by Crippen LogP contribution is -1.98. The summed E-state index contributed by atoms with van der Waals surface area (Å²) >= 11 is 0. The molecule has 0 saturated heterocycles. The highest BCUT2D eigenvalue weighted by Crippen LogP contribution is 2.31. The Labute approximate surface area is 105 Å². The van der Waals surface area contributed by atoms with Crippen LogP contribution in [0, 0.1) is 0 Å². The first-order valence-corrected chi connectivity index (χ1v) is 5.63. The van der Waals surface area contributed by atoms with E-state index in [2.05, 4.69) is 0 Å². The molecule has 0 bridgehead atoms. The highest BCUT2D eigenvalue weighted by Gasteiger charge is 2.26. The second-order valence-corrected chi connectivity index (χ2v) is 4.10. The second-order valence-electron chi connectivity index (χ2n) is 4.10. The molecule has 0 spiro atoms. The number of allylic oxidation sites excluding steroid dienone is 1. The lowest BCUT2D eigenvalue weighted by Gasteiger charge is -1.98. The van der Waals surface area contributed by atoms with Crippen molar-refractivity contribution in [3.63, 3.8) is 0 Å². The van der Waals surface area contributed by atoms with Crippen LogP contribution in [0.2, 0.25) is 0 Å². The van der Waals surface area contributed by atoms with E-state index in [1.165, 1.54) is 0 Å². The summed E-state index contributed by atoms with van der Waals surface area (Å²) in [6.45, 7) is 0. The summed E-state index contributed by atoms with van der Waals surface area (Å²) in [7, 11) is 0. The Morgan fingerprint density at radius 2 is 1.72 bits per heavy atom. The van der Waals surface area contributed by atoms with Crippen LogP contribution in [-0.2, 0) is 0 Å². The van der Waals surface area contributed by atoms with Gasteiger partial charge in [0.15, 0.2) is 5.76 Å². The Bertz CT molecular complexity index is 642. The lowest BCUT2D eigenvalue weighted by atomic mass is 10.1. The molecule has 0 fully saturated rings. The number of fused-ring (bicyclic) bond motifs is 1. The summed E-state index contributed by atoms with van der Waals surface area (Å²) in [5.74, 6) is 0.882. The maximum Gasteiger partial charge on any atom is 0.231 e. The summed E-state index contributed by atoms with van der Waals surface area (Å²) < 4.78 is 5.53. The van der Waals surface area contributed by atoms with Crippen LogP contribution in [0.3, 0.4) is 0 Å². The van der Waals surface area contributed by atoms with Gasteiger partial charge < -0.3 is 10.5 Å². The molecule has 1 heterocycles. The van der Waals surface area contributed by atoms with E-state index in [0.717, 1.165) is 5.56 Å². The molecule has 0 atom stereocenters. The average molecular weight is 237 g/mol. The Morgan fingerprint density at radius 3 is 2.44 bits per heavy atom. The summed E-state index contributed by atoms with van der Waals surface area (Å²) in [5.41, 5.74) is 7.81. The van der Waals surface area contributed by atoms with E-state index in [-0.39, 0.29) is 5.78 Å². The molecule has 0 amide bonds. The van der Waals surface area contributed by atoms with Crippen LogP contribution in [0.5, 0.6) is 5.75 Å². The largest absolute Gasteiger partial charge is 0.452 e. The van der Waals surface area contributed by atoms with Crippen LogP contribution in [0.4, 0.5) is 5.69 Å². The number of hydrogen-bond donors (Lipinski definition) is 1. The molecular weight excluding hydrogens is 226 g/mol. The van der Waals surface area contributed by atoms with Crippen LogP contribution < -0.4 is 10.5 Å². The van der Waals surface area contributed by atoms with Crippen LogP contribution in [0.1, 0.15) is 15.9 Å². The van der Waals surface area contributed by atoms with Gasteiger partial charge in [-0.15, -0.1) is 0 Å².